The van der Waals surface area contributed by atoms with E-state index in [0.29, 0.717) is 27.0 Å². The highest BCUT2D eigenvalue weighted by molar-refractivity contribution is 8.00. The molecule has 3 atom stereocenters. The Morgan fingerprint density at radius 2 is 1.79 bits per heavy atom. The zero-order chi connectivity index (χ0) is 28.1. The van der Waals surface area contributed by atoms with E-state index < -0.39 is 58.0 Å². The molecule has 2 aliphatic heterocycles. The van der Waals surface area contributed by atoms with E-state index in [1.807, 2.05) is 0 Å². The number of thioether (sulfide) groups is 1. The number of rotatable bonds is 6. The fourth-order valence-corrected chi connectivity index (χ4v) is 7.44. The molecule has 0 radical (unpaired) electrons. The average molecular weight is 580 g/mol. The molecular formula is C25H20F3N3O6S2. The molecule has 0 spiro atoms. The van der Waals surface area contributed by atoms with Crippen LogP contribution in [0.15, 0.2) is 52.3 Å². The van der Waals surface area contributed by atoms with Crippen LogP contribution in [0.25, 0.3) is 0 Å². The van der Waals surface area contributed by atoms with Crippen molar-refractivity contribution >= 4 is 46.5 Å². The summed E-state index contributed by atoms with van der Waals surface area (Å²) in [6, 6.07) is 9.19. The van der Waals surface area contributed by atoms with Crippen LogP contribution < -0.4 is 25.0 Å². The van der Waals surface area contributed by atoms with Crippen molar-refractivity contribution in [2.24, 2.45) is 5.92 Å². The first-order valence-corrected chi connectivity index (χ1v) is 13.2. The second kappa shape index (κ2) is 10.1. The summed E-state index contributed by atoms with van der Waals surface area (Å²) in [7, 11) is 2.93. The molecular weight excluding hydrogens is 559 g/mol. The number of benzene rings is 2. The number of hydrogen-bond acceptors (Lipinski definition) is 8. The van der Waals surface area contributed by atoms with E-state index in [2.05, 4.69) is 10.6 Å². The SMILES string of the molecule is COc1ccc([C@@H]2c3sc(=O)n(CC(=O)Nc4cccc(C(F)(F)F)c4)c3SC3C(=O)NC(=O)C32)cc1OC. The molecule has 5 rings (SSSR count). The molecule has 2 aromatic carbocycles. The fourth-order valence-electron chi connectivity index (χ4n) is 4.70. The molecule has 1 aromatic heterocycles. The van der Waals surface area contributed by atoms with Crippen molar-refractivity contribution in [2.75, 3.05) is 19.5 Å². The van der Waals surface area contributed by atoms with E-state index in [4.69, 9.17) is 9.47 Å². The van der Waals surface area contributed by atoms with Crippen molar-refractivity contribution in [3.8, 4) is 11.5 Å². The number of imide groups is 1. The van der Waals surface area contributed by atoms with Crippen molar-refractivity contribution < 1.29 is 37.0 Å². The van der Waals surface area contributed by atoms with E-state index in [1.165, 1.54) is 24.9 Å². The van der Waals surface area contributed by atoms with Gasteiger partial charge in [-0.3, -0.25) is 29.1 Å². The highest BCUT2D eigenvalue weighted by atomic mass is 32.2. The Morgan fingerprint density at radius 1 is 1.05 bits per heavy atom. The molecule has 0 saturated carbocycles. The van der Waals surface area contributed by atoms with Gasteiger partial charge in [-0.2, -0.15) is 13.2 Å². The minimum absolute atomic E-state index is 0.0799. The summed E-state index contributed by atoms with van der Waals surface area (Å²) >= 11 is 1.86. The number of carbonyl (C=O) groups is 3. The first-order valence-electron chi connectivity index (χ1n) is 11.5. The topological polar surface area (TPSA) is 116 Å². The zero-order valence-corrected chi connectivity index (χ0v) is 22.0. The highest BCUT2D eigenvalue weighted by Crippen LogP contribution is 2.52. The van der Waals surface area contributed by atoms with Gasteiger partial charge in [0.1, 0.15) is 11.8 Å². The Morgan fingerprint density at radius 3 is 2.49 bits per heavy atom. The summed E-state index contributed by atoms with van der Waals surface area (Å²) in [5.41, 5.74) is -0.402. The van der Waals surface area contributed by atoms with Crippen LogP contribution in [0, 0.1) is 5.92 Å². The van der Waals surface area contributed by atoms with Crippen molar-refractivity contribution in [3.63, 3.8) is 0 Å². The van der Waals surface area contributed by atoms with Crippen LogP contribution in [0.4, 0.5) is 18.9 Å². The van der Waals surface area contributed by atoms with Crippen molar-refractivity contribution in [2.45, 2.75) is 28.9 Å². The maximum atomic E-state index is 13.1. The Labute approximate surface area is 227 Å². The number of thiazole rings is 1. The van der Waals surface area contributed by atoms with E-state index in [-0.39, 0.29) is 5.69 Å². The lowest BCUT2D eigenvalue weighted by Gasteiger charge is -2.31. The summed E-state index contributed by atoms with van der Waals surface area (Å²) in [5.74, 6) is -2.37. The second-order valence-corrected chi connectivity index (χ2v) is 10.9. The summed E-state index contributed by atoms with van der Waals surface area (Å²) < 4.78 is 51.0. The predicted molar refractivity (Wildman–Crippen MR) is 136 cm³/mol. The summed E-state index contributed by atoms with van der Waals surface area (Å²) in [5, 5.41) is 4.23. The van der Waals surface area contributed by atoms with Gasteiger partial charge in [-0.15, -0.1) is 0 Å². The summed E-state index contributed by atoms with van der Waals surface area (Å²) in [4.78, 5) is 51.4. The normalized spacial score (nSPS) is 20.2. The largest absolute Gasteiger partial charge is 0.493 e. The summed E-state index contributed by atoms with van der Waals surface area (Å²) in [6.45, 7) is -0.500. The molecule has 3 aromatic rings. The van der Waals surface area contributed by atoms with Crippen LogP contribution in [0.2, 0.25) is 0 Å². The van der Waals surface area contributed by atoms with Gasteiger partial charge in [0.25, 0.3) is 0 Å². The third-order valence-electron chi connectivity index (χ3n) is 6.43. The van der Waals surface area contributed by atoms with E-state index in [1.54, 1.807) is 18.2 Å². The van der Waals surface area contributed by atoms with Gasteiger partial charge in [0.05, 0.1) is 30.7 Å². The molecule has 0 bridgehead atoms. The first-order chi connectivity index (χ1) is 18.5. The van der Waals surface area contributed by atoms with Gasteiger partial charge < -0.3 is 14.8 Å². The van der Waals surface area contributed by atoms with Gasteiger partial charge in [0.15, 0.2) is 11.5 Å². The van der Waals surface area contributed by atoms with E-state index in [0.717, 1.165) is 41.3 Å². The fraction of sp³-hybridized carbons (Fsp3) is 0.280. The number of nitrogens with zero attached hydrogens (tertiary/aromatic N) is 1. The van der Waals surface area contributed by atoms with Gasteiger partial charge in [-0.1, -0.05) is 35.2 Å². The third-order valence-corrected chi connectivity index (χ3v) is 9.05. The second-order valence-electron chi connectivity index (χ2n) is 8.76. The molecule has 1 saturated heterocycles. The molecule has 2 unspecified atom stereocenters. The molecule has 3 amide bonds. The number of amides is 3. The van der Waals surface area contributed by atoms with Gasteiger partial charge in [0, 0.05) is 16.5 Å². The number of aromatic nitrogens is 1. The van der Waals surface area contributed by atoms with Crippen molar-refractivity contribution in [3.05, 3.63) is 68.1 Å². The van der Waals surface area contributed by atoms with E-state index >= 15 is 0 Å². The smallest absolute Gasteiger partial charge is 0.416 e. The number of nitrogens with one attached hydrogen (secondary N) is 2. The molecule has 39 heavy (non-hydrogen) atoms. The number of carbonyl (C=O) groups excluding carboxylic acids is 3. The molecule has 2 aliphatic rings. The third kappa shape index (κ3) is 4.89. The lowest BCUT2D eigenvalue weighted by Crippen LogP contribution is -2.32. The molecule has 204 valence electrons. The molecule has 3 heterocycles. The van der Waals surface area contributed by atoms with Gasteiger partial charge in [-0.05, 0) is 35.9 Å². The highest BCUT2D eigenvalue weighted by Gasteiger charge is 2.53. The van der Waals surface area contributed by atoms with Crippen LogP contribution in [0.5, 0.6) is 11.5 Å². The molecule has 9 nitrogen and oxygen atoms in total. The Kier molecular flexibility index (Phi) is 6.93. The van der Waals surface area contributed by atoms with Crippen molar-refractivity contribution in [1.82, 2.24) is 9.88 Å². The monoisotopic (exact) mass is 579 g/mol. The number of alkyl halides is 3. The Balaban J connectivity index is 1.51. The van der Waals surface area contributed by atoms with Gasteiger partial charge in [-0.25, -0.2) is 0 Å². The van der Waals surface area contributed by atoms with E-state index in [9.17, 15) is 32.3 Å². The van der Waals surface area contributed by atoms with Crippen molar-refractivity contribution in [1.29, 1.82) is 0 Å². The average Bonchev–Trinajstić information content (AvgIpc) is 3.36. The minimum atomic E-state index is -4.59. The van der Waals surface area contributed by atoms with Crippen LogP contribution in [0.1, 0.15) is 21.9 Å². The Hall–Kier alpha value is -3.78. The molecule has 0 aliphatic carbocycles. The lowest BCUT2D eigenvalue weighted by molar-refractivity contribution is -0.137. The quantitative estimate of drug-likeness (QED) is 0.430. The van der Waals surface area contributed by atoms with Crippen LogP contribution >= 0.6 is 23.1 Å². The number of hydrogen-bond donors (Lipinski definition) is 2. The number of ether oxygens (including phenoxy) is 2. The first kappa shape index (κ1) is 26.8. The maximum absolute atomic E-state index is 13.1. The predicted octanol–water partition coefficient (Wildman–Crippen LogP) is 3.46. The van der Waals surface area contributed by atoms with Crippen LogP contribution in [0.3, 0.4) is 0 Å². The molecule has 1 fully saturated rings. The maximum Gasteiger partial charge on any atom is 0.416 e. The van der Waals surface area contributed by atoms with Gasteiger partial charge in [0.2, 0.25) is 17.7 Å². The van der Waals surface area contributed by atoms with Gasteiger partial charge >= 0.3 is 11.0 Å². The Bertz CT molecular complexity index is 1550. The standard InChI is InChI=1S/C25H20F3N3O6S2/c1-36-14-7-6-11(8-15(14)37-2)17-18-19(22(34)30-21(18)33)38-23-20(17)39-24(35)31(23)10-16(32)29-13-5-3-4-12(9-13)25(26,27)28/h3-9,17-19H,10H2,1-2H3,(H,29,32)(H,30,33,34)/t17-,18?,19?/m0/s1. The minimum Gasteiger partial charge on any atom is -0.493 e. The van der Waals surface area contributed by atoms with Crippen LogP contribution in [-0.4, -0.2) is 41.8 Å². The molecule has 14 heteroatoms. The lowest BCUT2D eigenvalue weighted by atomic mass is 9.83. The number of methoxy groups -OCH3 is 2. The number of halogens is 3. The number of anilines is 1. The van der Waals surface area contributed by atoms with Crippen LogP contribution in [-0.2, 0) is 27.1 Å². The summed E-state index contributed by atoms with van der Waals surface area (Å²) in [6.07, 6.45) is -4.59. The number of fused-ring (bicyclic) bond motifs is 2. The zero-order valence-electron chi connectivity index (χ0n) is 20.3. The molecule has 2 N–H and O–H groups in total.